The molecular weight excluding hydrogens is 357 g/mol. The summed E-state index contributed by atoms with van der Waals surface area (Å²) >= 11 is 5.94. The van der Waals surface area contributed by atoms with Gasteiger partial charge in [0.2, 0.25) is 0 Å². The average molecular weight is 380 g/mol. The van der Waals surface area contributed by atoms with E-state index in [2.05, 4.69) is 0 Å². The molecule has 2 aromatic carbocycles. The zero-order valence-corrected chi connectivity index (χ0v) is 15.6. The maximum Gasteiger partial charge on any atom is 0.311 e. The molecule has 0 radical (unpaired) electrons. The van der Waals surface area contributed by atoms with Gasteiger partial charge >= 0.3 is 5.97 Å². The molecule has 0 fully saturated rings. The van der Waals surface area contributed by atoms with Crippen molar-refractivity contribution >= 4 is 17.6 Å². The van der Waals surface area contributed by atoms with Crippen molar-refractivity contribution in [2.45, 2.75) is 25.8 Å². The number of methoxy groups -OCH3 is 1. The molecule has 0 aromatic heterocycles. The van der Waals surface area contributed by atoms with Crippen molar-refractivity contribution in [3.8, 4) is 11.1 Å². The molecule has 2 rings (SSSR count). The predicted octanol–water partition coefficient (Wildman–Crippen LogP) is 4.14. The Labute approximate surface area is 157 Å². The van der Waals surface area contributed by atoms with Crippen LogP contribution in [0.5, 0.6) is 0 Å². The Kier molecular flexibility index (Phi) is 6.75. The molecule has 0 heterocycles. The number of carboxylic acid groups (broad SMARTS) is 1. The first-order chi connectivity index (χ1) is 12.2. The number of hydrogen-bond donors (Lipinski definition) is 2. The van der Waals surface area contributed by atoms with Gasteiger partial charge in [-0.3, -0.25) is 4.79 Å². The van der Waals surface area contributed by atoms with Crippen molar-refractivity contribution in [2.75, 3.05) is 13.7 Å². The normalized spacial score (nSPS) is 14.7. The fourth-order valence-corrected chi connectivity index (χ4v) is 3.19. The Balaban J connectivity index is 2.09. The first-order valence-electron chi connectivity index (χ1n) is 8.27. The van der Waals surface area contributed by atoms with Gasteiger partial charge in [-0.05, 0) is 49.1 Å². The molecule has 0 aliphatic carbocycles. The summed E-state index contributed by atoms with van der Waals surface area (Å²) in [4.78, 5) is 11.5. The summed E-state index contributed by atoms with van der Waals surface area (Å²) in [5.74, 6) is -1.27. The van der Waals surface area contributed by atoms with Crippen LogP contribution in [0.3, 0.4) is 0 Å². The van der Waals surface area contributed by atoms with Crippen molar-refractivity contribution in [1.29, 1.82) is 0 Å². The van der Waals surface area contributed by atoms with E-state index in [1.54, 1.807) is 13.0 Å². The van der Waals surface area contributed by atoms with E-state index in [9.17, 15) is 14.3 Å². The highest BCUT2D eigenvalue weighted by Crippen LogP contribution is 2.28. The molecule has 0 spiro atoms. The van der Waals surface area contributed by atoms with E-state index in [-0.39, 0.29) is 18.5 Å². The van der Waals surface area contributed by atoms with Gasteiger partial charge in [0.05, 0.1) is 12.0 Å². The van der Waals surface area contributed by atoms with E-state index >= 15 is 0 Å². The second kappa shape index (κ2) is 8.62. The minimum absolute atomic E-state index is 0.100. The van der Waals surface area contributed by atoms with E-state index in [1.807, 2.05) is 24.3 Å². The molecule has 0 aliphatic heterocycles. The smallest absolute Gasteiger partial charge is 0.311 e. The largest absolute Gasteiger partial charge is 0.481 e. The number of rotatable bonds is 8. The van der Waals surface area contributed by atoms with E-state index in [1.165, 1.54) is 19.2 Å². The van der Waals surface area contributed by atoms with Gasteiger partial charge in [0.15, 0.2) is 0 Å². The molecule has 4 nitrogen and oxygen atoms in total. The van der Waals surface area contributed by atoms with Crippen molar-refractivity contribution in [3.63, 3.8) is 0 Å². The standard InChI is InChI=1S/C20H23ClFNO3/c1-20(12-26-2,19(24)25)11-16(23)9-13-3-5-14(6-4-13)17-10-15(21)7-8-18(17)22/h3-8,10,16H,9,11-12,23H2,1-2H3,(H,24,25)/t16-,20?/m1/s1. The van der Waals surface area contributed by atoms with Gasteiger partial charge in [-0.15, -0.1) is 0 Å². The van der Waals surface area contributed by atoms with Crippen LogP contribution in [-0.2, 0) is 16.0 Å². The van der Waals surface area contributed by atoms with Crippen LogP contribution >= 0.6 is 11.6 Å². The van der Waals surface area contributed by atoms with E-state index < -0.39 is 11.4 Å². The third kappa shape index (κ3) is 5.04. The second-order valence-electron chi connectivity index (χ2n) is 6.79. The molecule has 1 unspecified atom stereocenters. The quantitative estimate of drug-likeness (QED) is 0.722. The van der Waals surface area contributed by atoms with E-state index in [0.29, 0.717) is 23.4 Å². The SMILES string of the molecule is COCC(C)(C[C@H](N)Cc1ccc(-c2cc(Cl)ccc2F)cc1)C(=O)O. The van der Waals surface area contributed by atoms with Gasteiger partial charge in [-0.1, -0.05) is 35.9 Å². The first-order valence-corrected chi connectivity index (χ1v) is 8.65. The third-order valence-corrected chi connectivity index (χ3v) is 4.62. The maximum absolute atomic E-state index is 14.0. The number of aliphatic carboxylic acids is 1. The number of halogens is 2. The minimum atomic E-state index is -1.03. The topological polar surface area (TPSA) is 72.5 Å². The summed E-state index contributed by atoms with van der Waals surface area (Å²) in [6.45, 7) is 1.73. The molecular formula is C20H23ClFNO3. The Bertz CT molecular complexity index is 766. The zero-order valence-electron chi connectivity index (χ0n) is 14.8. The highest BCUT2D eigenvalue weighted by atomic mass is 35.5. The van der Waals surface area contributed by atoms with Gasteiger partial charge in [-0.2, -0.15) is 0 Å². The molecule has 2 atom stereocenters. The molecule has 6 heteroatoms. The molecule has 0 saturated heterocycles. The van der Waals surface area contributed by atoms with Crippen molar-refractivity contribution in [3.05, 3.63) is 58.9 Å². The molecule has 26 heavy (non-hydrogen) atoms. The number of carboxylic acids is 1. The van der Waals surface area contributed by atoms with Gasteiger partial charge in [0.1, 0.15) is 5.82 Å². The van der Waals surface area contributed by atoms with Crippen LogP contribution in [-0.4, -0.2) is 30.8 Å². The lowest BCUT2D eigenvalue weighted by Crippen LogP contribution is -2.39. The van der Waals surface area contributed by atoms with E-state index in [4.69, 9.17) is 22.1 Å². The molecule has 140 valence electrons. The van der Waals surface area contributed by atoms with Crippen LogP contribution in [0.4, 0.5) is 4.39 Å². The molecule has 3 N–H and O–H groups in total. The molecule has 0 aliphatic rings. The fourth-order valence-electron chi connectivity index (χ4n) is 3.02. The van der Waals surface area contributed by atoms with Crippen molar-refractivity contribution in [1.82, 2.24) is 0 Å². The van der Waals surface area contributed by atoms with Gasteiger partial charge in [-0.25, -0.2) is 4.39 Å². The summed E-state index contributed by atoms with van der Waals surface area (Å²) in [7, 11) is 1.47. The summed E-state index contributed by atoms with van der Waals surface area (Å²) in [5, 5.41) is 9.88. The average Bonchev–Trinajstić information content (AvgIpc) is 2.57. The van der Waals surface area contributed by atoms with Gasteiger partial charge in [0.25, 0.3) is 0 Å². The lowest BCUT2D eigenvalue weighted by atomic mass is 9.83. The van der Waals surface area contributed by atoms with Gasteiger partial charge < -0.3 is 15.6 Å². The minimum Gasteiger partial charge on any atom is -0.481 e. The van der Waals surface area contributed by atoms with Crippen LogP contribution in [0, 0.1) is 11.2 Å². The maximum atomic E-state index is 14.0. The number of benzene rings is 2. The highest BCUT2D eigenvalue weighted by molar-refractivity contribution is 6.30. The summed E-state index contributed by atoms with van der Waals surface area (Å²) in [5.41, 5.74) is 7.24. The van der Waals surface area contributed by atoms with E-state index in [0.717, 1.165) is 11.1 Å². The Morgan fingerprint density at radius 1 is 1.31 bits per heavy atom. The number of carbonyl (C=O) groups is 1. The molecule has 0 bridgehead atoms. The van der Waals surface area contributed by atoms with Crippen LogP contribution in [0.25, 0.3) is 11.1 Å². The number of hydrogen-bond acceptors (Lipinski definition) is 3. The predicted molar refractivity (Wildman–Crippen MR) is 101 cm³/mol. The monoisotopic (exact) mass is 379 g/mol. The lowest BCUT2D eigenvalue weighted by Gasteiger charge is -2.27. The third-order valence-electron chi connectivity index (χ3n) is 4.38. The number of nitrogens with two attached hydrogens (primary N) is 1. The Morgan fingerprint density at radius 2 is 1.96 bits per heavy atom. The Morgan fingerprint density at radius 3 is 2.54 bits per heavy atom. The molecule has 0 amide bonds. The van der Waals surface area contributed by atoms with Crippen LogP contribution in [0.15, 0.2) is 42.5 Å². The van der Waals surface area contributed by atoms with Crippen LogP contribution < -0.4 is 5.73 Å². The summed E-state index contributed by atoms with van der Waals surface area (Å²) in [6, 6.07) is 11.4. The molecule has 2 aromatic rings. The Hall–Kier alpha value is -1.95. The van der Waals surface area contributed by atoms with Crippen molar-refractivity contribution in [2.24, 2.45) is 11.1 Å². The number of ether oxygens (including phenoxy) is 1. The highest BCUT2D eigenvalue weighted by Gasteiger charge is 2.35. The second-order valence-corrected chi connectivity index (χ2v) is 7.22. The summed E-state index contributed by atoms with van der Waals surface area (Å²) in [6.07, 6.45) is 0.811. The van der Waals surface area contributed by atoms with Crippen LogP contribution in [0.1, 0.15) is 18.9 Å². The first kappa shape index (κ1) is 20.4. The molecule has 0 saturated carbocycles. The van der Waals surface area contributed by atoms with Crippen LogP contribution in [0.2, 0.25) is 5.02 Å². The van der Waals surface area contributed by atoms with Gasteiger partial charge in [0, 0.05) is 23.7 Å². The summed E-state index contributed by atoms with van der Waals surface area (Å²) < 4.78 is 19.0. The fraction of sp³-hybridized carbons (Fsp3) is 0.350. The lowest BCUT2D eigenvalue weighted by molar-refractivity contribution is -0.151. The van der Waals surface area contributed by atoms with Crippen molar-refractivity contribution < 1.29 is 19.0 Å². The zero-order chi connectivity index (χ0) is 19.3.